The quantitative estimate of drug-likeness (QED) is 0.0893. The van der Waals surface area contributed by atoms with Crippen LogP contribution in [-0.4, -0.2) is 85.1 Å². The van der Waals surface area contributed by atoms with Gasteiger partial charge in [-0.2, -0.15) is 0 Å². The Hall–Kier alpha value is -5.07. The van der Waals surface area contributed by atoms with Gasteiger partial charge in [-0.3, -0.25) is 19.5 Å². The van der Waals surface area contributed by atoms with Crippen molar-refractivity contribution in [1.82, 2.24) is 15.2 Å². The zero-order valence-electron chi connectivity index (χ0n) is 31.4. The Kier molecular flexibility index (Phi) is 13.4. The molecule has 0 aliphatic carbocycles. The predicted octanol–water partition coefficient (Wildman–Crippen LogP) is 5.69. The molecule has 0 radical (unpaired) electrons. The zero-order chi connectivity index (χ0) is 38.1. The number of hydrogen-bond donors (Lipinski definition) is 4. The number of nitrogens with one attached hydrogen (secondary N) is 2. The second kappa shape index (κ2) is 18.1. The lowest BCUT2D eigenvalue weighted by Crippen LogP contribution is -2.28. The number of aliphatic hydroxyl groups excluding tert-OH is 2. The molecule has 2 heterocycles. The minimum Gasteiger partial charge on any atom is -0.496 e. The number of rotatable bonds is 15. The summed E-state index contributed by atoms with van der Waals surface area (Å²) in [6.07, 6.45) is 5.37. The number of carbonyl (C=O) groups excluding carboxylic acids is 2. The molecular weight excluding hydrogens is 672 g/mol. The Balaban J connectivity index is 1.30. The fourth-order valence-corrected chi connectivity index (χ4v) is 6.64. The minimum absolute atomic E-state index is 0.0676. The van der Waals surface area contributed by atoms with E-state index in [4.69, 9.17) is 9.47 Å². The predicted molar refractivity (Wildman–Crippen MR) is 207 cm³/mol. The van der Waals surface area contributed by atoms with E-state index in [0.29, 0.717) is 31.1 Å². The minimum atomic E-state index is -0.839. The Morgan fingerprint density at radius 2 is 1.64 bits per heavy atom. The van der Waals surface area contributed by atoms with Crippen LogP contribution in [0.3, 0.4) is 0 Å². The topological polar surface area (TPSA) is 142 Å². The first-order valence-corrected chi connectivity index (χ1v) is 17.8. The number of carbonyl (C=O) groups is 2. The summed E-state index contributed by atoms with van der Waals surface area (Å²) in [4.78, 5) is 31.5. The van der Waals surface area contributed by atoms with Gasteiger partial charge < -0.3 is 35.1 Å². The maximum absolute atomic E-state index is 13.4. The monoisotopic (exact) mass is 722 g/mol. The van der Waals surface area contributed by atoms with Crippen LogP contribution >= 0.6 is 0 Å². The number of aromatic nitrogens is 1. The van der Waals surface area contributed by atoms with Crippen LogP contribution in [0.4, 0.5) is 5.69 Å². The average molecular weight is 723 g/mol. The normalized spacial score (nSPS) is 15.1. The zero-order valence-corrected chi connectivity index (χ0v) is 31.4. The third-order valence-corrected chi connectivity index (χ3v) is 9.72. The molecule has 2 atom stereocenters. The van der Waals surface area contributed by atoms with Gasteiger partial charge in [0.1, 0.15) is 17.2 Å². The molecule has 3 aromatic carbocycles. The Morgan fingerprint density at radius 1 is 0.943 bits per heavy atom. The highest BCUT2D eigenvalue weighted by atomic mass is 16.5. The molecule has 1 aromatic heterocycles. The van der Waals surface area contributed by atoms with Crippen molar-refractivity contribution in [2.45, 2.75) is 58.9 Å². The summed E-state index contributed by atoms with van der Waals surface area (Å²) in [5.41, 5.74) is 9.99. The van der Waals surface area contributed by atoms with Gasteiger partial charge in [-0.1, -0.05) is 48.6 Å². The Bertz CT molecular complexity index is 1960. The Morgan fingerprint density at radius 3 is 2.34 bits per heavy atom. The first-order chi connectivity index (χ1) is 25.5. The van der Waals surface area contributed by atoms with E-state index in [-0.39, 0.29) is 30.7 Å². The molecule has 11 nitrogen and oxygen atoms in total. The highest BCUT2D eigenvalue weighted by Crippen LogP contribution is 2.34. The molecule has 0 unspecified atom stereocenters. The van der Waals surface area contributed by atoms with Crippen LogP contribution in [0, 0.1) is 20.8 Å². The molecule has 1 aliphatic rings. The number of aryl methyl sites for hydroxylation is 1. The van der Waals surface area contributed by atoms with Gasteiger partial charge in [0.2, 0.25) is 0 Å². The Labute approximate surface area is 311 Å². The molecule has 4 aromatic rings. The molecule has 4 N–H and O–H groups in total. The molecule has 0 bridgehead atoms. The third kappa shape index (κ3) is 9.88. The number of hydrogen-bond acceptors (Lipinski definition) is 10. The van der Waals surface area contributed by atoms with Gasteiger partial charge in [0, 0.05) is 61.8 Å². The van der Waals surface area contributed by atoms with E-state index in [2.05, 4.69) is 68.6 Å². The molecular formula is C42H50N4O7. The van der Waals surface area contributed by atoms with Crippen molar-refractivity contribution in [2.75, 3.05) is 46.3 Å². The van der Waals surface area contributed by atoms with Gasteiger partial charge in [-0.05, 0) is 78.3 Å². The number of amides is 1. The standard InChI is InChI=1S/C42H50N4O7/c1-26-17-31(21-43-23-34(48)19-41(49)53-6)39(51-4)18-30(26)14-13-29-9-7-10-35(27(29)2)36-11-8-12-37(28(36)3)45-42(50)38-20-40(52-5)32(22-44-38)24-46-16-15-33(47)25-46/h7-14,17-18,20,22,33-34,43,47-48H,15-16,19,21,23-25H2,1-6H3,(H,45,50)/b14-13+/t33-,34+/m1/s1. The summed E-state index contributed by atoms with van der Waals surface area (Å²) >= 11 is 0. The van der Waals surface area contributed by atoms with Crippen LogP contribution in [0.2, 0.25) is 0 Å². The lowest BCUT2D eigenvalue weighted by Gasteiger charge is -2.18. The van der Waals surface area contributed by atoms with Gasteiger partial charge in [0.25, 0.3) is 5.91 Å². The van der Waals surface area contributed by atoms with Gasteiger partial charge in [-0.25, -0.2) is 0 Å². The summed E-state index contributed by atoms with van der Waals surface area (Å²) in [6, 6.07) is 17.8. The molecule has 280 valence electrons. The fourth-order valence-electron chi connectivity index (χ4n) is 6.64. The first kappa shape index (κ1) is 39.1. The van der Waals surface area contributed by atoms with Crippen molar-refractivity contribution >= 4 is 29.7 Å². The van der Waals surface area contributed by atoms with E-state index in [1.54, 1.807) is 26.5 Å². The summed E-state index contributed by atoms with van der Waals surface area (Å²) < 4.78 is 15.9. The average Bonchev–Trinajstić information content (AvgIpc) is 3.56. The molecule has 5 rings (SSSR count). The van der Waals surface area contributed by atoms with Gasteiger partial charge in [-0.15, -0.1) is 0 Å². The van der Waals surface area contributed by atoms with Gasteiger partial charge in [0.15, 0.2) is 0 Å². The van der Waals surface area contributed by atoms with Crippen molar-refractivity contribution in [3.05, 3.63) is 105 Å². The summed E-state index contributed by atoms with van der Waals surface area (Å²) in [6.45, 7) is 8.86. The van der Waals surface area contributed by atoms with E-state index >= 15 is 0 Å². The molecule has 1 saturated heterocycles. The number of benzene rings is 3. The van der Waals surface area contributed by atoms with Gasteiger partial charge in [0.05, 0.1) is 40.0 Å². The van der Waals surface area contributed by atoms with Crippen LogP contribution in [0.5, 0.6) is 11.5 Å². The van der Waals surface area contributed by atoms with Crippen molar-refractivity contribution < 1.29 is 34.0 Å². The number of esters is 1. The number of β-amino-alcohol motifs (C(OH)–C–C–N with tert-alkyl or cyclic N) is 1. The van der Waals surface area contributed by atoms with Gasteiger partial charge >= 0.3 is 5.97 Å². The van der Waals surface area contributed by atoms with E-state index < -0.39 is 12.1 Å². The van der Waals surface area contributed by atoms with Crippen molar-refractivity contribution in [3.8, 4) is 22.6 Å². The maximum Gasteiger partial charge on any atom is 0.308 e. The molecule has 11 heteroatoms. The second-order valence-corrected chi connectivity index (χ2v) is 13.4. The van der Waals surface area contributed by atoms with E-state index in [0.717, 1.165) is 68.8 Å². The number of aliphatic hydroxyl groups is 2. The van der Waals surface area contributed by atoms with Crippen LogP contribution in [-0.2, 0) is 22.6 Å². The molecule has 53 heavy (non-hydrogen) atoms. The largest absolute Gasteiger partial charge is 0.496 e. The van der Waals surface area contributed by atoms with Crippen molar-refractivity contribution in [2.24, 2.45) is 0 Å². The second-order valence-electron chi connectivity index (χ2n) is 13.4. The maximum atomic E-state index is 13.4. The van der Waals surface area contributed by atoms with Crippen molar-refractivity contribution in [1.29, 1.82) is 0 Å². The summed E-state index contributed by atoms with van der Waals surface area (Å²) in [5, 5.41) is 26.2. The highest BCUT2D eigenvalue weighted by molar-refractivity contribution is 6.04. The smallest absolute Gasteiger partial charge is 0.308 e. The summed E-state index contributed by atoms with van der Waals surface area (Å²) in [5.74, 6) is 0.524. The number of anilines is 1. The first-order valence-electron chi connectivity index (χ1n) is 17.8. The number of methoxy groups -OCH3 is 3. The van der Waals surface area contributed by atoms with E-state index in [9.17, 15) is 19.8 Å². The molecule has 1 fully saturated rings. The van der Waals surface area contributed by atoms with Crippen LogP contribution < -0.4 is 20.1 Å². The van der Waals surface area contributed by atoms with Crippen LogP contribution in [0.25, 0.3) is 23.3 Å². The molecule has 1 aliphatic heterocycles. The van der Waals surface area contributed by atoms with E-state index in [1.807, 2.05) is 38.1 Å². The number of ether oxygens (including phenoxy) is 3. The molecule has 0 spiro atoms. The molecule has 0 saturated carbocycles. The summed E-state index contributed by atoms with van der Waals surface area (Å²) in [7, 11) is 4.52. The van der Waals surface area contributed by atoms with Crippen molar-refractivity contribution in [3.63, 3.8) is 0 Å². The highest BCUT2D eigenvalue weighted by Gasteiger charge is 2.22. The SMILES string of the molecule is COC(=O)C[C@H](O)CNCc1cc(C)c(/C=C/c2cccc(-c3cccc(NC(=O)c4cc(OC)c(CN5CC[C@@H](O)C5)cn4)c3C)c2C)cc1OC. The number of likely N-dealkylation sites (tertiary alicyclic amines) is 1. The fraction of sp³-hybridized carbons (Fsp3) is 0.357. The lowest BCUT2D eigenvalue weighted by atomic mass is 9.92. The lowest BCUT2D eigenvalue weighted by molar-refractivity contribution is -0.142. The van der Waals surface area contributed by atoms with E-state index in [1.165, 1.54) is 7.11 Å². The number of pyridine rings is 1. The molecule has 1 amide bonds. The van der Waals surface area contributed by atoms with Crippen LogP contribution in [0.1, 0.15) is 62.3 Å². The number of nitrogens with zero attached hydrogens (tertiary/aromatic N) is 2. The third-order valence-electron chi connectivity index (χ3n) is 9.72. The van der Waals surface area contributed by atoms with Crippen LogP contribution in [0.15, 0.2) is 60.8 Å².